The molecule has 2 heterocycles. The number of H-pyrrole nitrogens is 1. The lowest BCUT2D eigenvalue weighted by Gasteiger charge is -2.21. The van der Waals surface area contributed by atoms with Gasteiger partial charge in [-0.2, -0.15) is 5.10 Å². The molecule has 0 radical (unpaired) electrons. The molecule has 7 nitrogen and oxygen atoms in total. The van der Waals surface area contributed by atoms with Gasteiger partial charge in [-0.1, -0.05) is 11.6 Å². The zero-order chi connectivity index (χ0) is 17.1. The van der Waals surface area contributed by atoms with E-state index in [9.17, 15) is 9.59 Å². The van der Waals surface area contributed by atoms with E-state index in [1.165, 1.54) is 12.1 Å². The maximum Gasteiger partial charge on any atom is 0.271 e. The average Bonchev–Trinajstić information content (AvgIpc) is 3.03. The molecule has 24 heavy (non-hydrogen) atoms. The minimum absolute atomic E-state index is 0.0186. The zero-order valence-electron chi connectivity index (χ0n) is 13.1. The highest BCUT2D eigenvalue weighted by Gasteiger charge is 2.26. The lowest BCUT2D eigenvalue weighted by Crippen LogP contribution is -2.37. The fourth-order valence-corrected chi connectivity index (χ4v) is 2.90. The molecule has 1 aliphatic rings. The highest BCUT2D eigenvalue weighted by atomic mass is 35.5. The molecule has 1 aliphatic heterocycles. The Bertz CT molecular complexity index is 788. The van der Waals surface area contributed by atoms with Crippen LogP contribution < -0.4 is 20.5 Å². The third kappa shape index (κ3) is 3.51. The summed E-state index contributed by atoms with van der Waals surface area (Å²) in [6, 6.07) is 8.12. The molecule has 1 atom stereocenters. The van der Waals surface area contributed by atoms with Crippen molar-refractivity contribution in [2.45, 2.75) is 12.5 Å². The lowest BCUT2D eigenvalue weighted by atomic mass is 10.2. The van der Waals surface area contributed by atoms with Crippen molar-refractivity contribution in [1.29, 1.82) is 0 Å². The second-order valence-electron chi connectivity index (χ2n) is 5.53. The minimum atomic E-state index is -0.341. The lowest BCUT2D eigenvalue weighted by molar-refractivity contribution is 0.0934. The van der Waals surface area contributed by atoms with Crippen LogP contribution in [0.3, 0.4) is 0 Å². The first-order chi connectivity index (χ1) is 11.6. The van der Waals surface area contributed by atoms with Crippen LogP contribution in [0.1, 0.15) is 16.9 Å². The highest BCUT2D eigenvalue weighted by molar-refractivity contribution is 6.30. The van der Waals surface area contributed by atoms with E-state index in [1.54, 1.807) is 13.2 Å². The van der Waals surface area contributed by atoms with E-state index >= 15 is 0 Å². The number of nitrogens with zero attached hydrogens (tertiary/aromatic N) is 2. The fraction of sp³-hybridized carbons (Fsp3) is 0.312. The Morgan fingerprint density at radius 3 is 2.96 bits per heavy atom. The van der Waals surface area contributed by atoms with Crippen molar-refractivity contribution in [3.63, 3.8) is 0 Å². The minimum Gasteiger partial charge on any atom is -0.495 e. The zero-order valence-corrected chi connectivity index (χ0v) is 13.8. The number of carbonyl (C=O) groups excluding carboxylic acids is 1. The number of halogens is 1. The number of methoxy groups -OCH3 is 1. The van der Waals surface area contributed by atoms with Gasteiger partial charge in [-0.3, -0.25) is 9.59 Å². The molecule has 1 saturated heterocycles. The van der Waals surface area contributed by atoms with Crippen molar-refractivity contribution in [2.75, 3.05) is 25.1 Å². The van der Waals surface area contributed by atoms with Gasteiger partial charge in [0, 0.05) is 30.2 Å². The molecule has 126 valence electrons. The maximum atomic E-state index is 12.2. The number of carbonyl (C=O) groups is 1. The second-order valence-corrected chi connectivity index (χ2v) is 5.96. The summed E-state index contributed by atoms with van der Waals surface area (Å²) in [6.45, 7) is 1.42. The van der Waals surface area contributed by atoms with Crippen molar-refractivity contribution in [3.8, 4) is 5.75 Å². The van der Waals surface area contributed by atoms with Gasteiger partial charge in [0.25, 0.3) is 11.5 Å². The molecule has 0 unspecified atom stereocenters. The fourth-order valence-electron chi connectivity index (χ4n) is 2.74. The van der Waals surface area contributed by atoms with Gasteiger partial charge in [0.1, 0.15) is 11.4 Å². The third-order valence-corrected chi connectivity index (χ3v) is 4.15. The normalized spacial score (nSPS) is 16.9. The molecule has 1 aromatic carbocycles. The molecule has 3 rings (SSSR count). The molecule has 2 N–H and O–H groups in total. The predicted molar refractivity (Wildman–Crippen MR) is 90.9 cm³/mol. The van der Waals surface area contributed by atoms with Gasteiger partial charge < -0.3 is 15.0 Å². The summed E-state index contributed by atoms with van der Waals surface area (Å²) in [6.07, 6.45) is 0.796. The number of hydrogen-bond acceptors (Lipinski definition) is 5. The van der Waals surface area contributed by atoms with E-state index < -0.39 is 0 Å². The van der Waals surface area contributed by atoms with Crippen LogP contribution in [0.4, 0.5) is 5.69 Å². The number of nitrogens with one attached hydrogen (secondary N) is 2. The SMILES string of the molecule is COc1ccc(Cl)cc1N1CC[C@@H](NC(=O)c2ccc(=O)[nH]n2)C1. The summed E-state index contributed by atoms with van der Waals surface area (Å²) in [5.74, 6) is 0.435. The topological polar surface area (TPSA) is 87.3 Å². The van der Waals surface area contributed by atoms with Crippen LogP contribution in [0, 0.1) is 0 Å². The van der Waals surface area contributed by atoms with Crippen molar-refractivity contribution in [3.05, 3.63) is 51.4 Å². The van der Waals surface area contributed by atoms with E-state index in [1.807, 2.05) is 12.1 Å². The van der Waals surface area contributed by atoms with Gasteiger partial charge in [-0.05, 0) is 30.7 Å². The van der Waals surface area contributed by atoms with Gasteiger partial charge >= 0.3 is 0 Å². The molecule has 0 spiro atoms. The first-order valence-electron chi connectivity index (χ1n) is 7.52. The summed E-state index contributed by atoms with van der Waals surface area (Å²) >= 11 is 6.08. The van der Waals surface area contributed by atoms with Crippen molar-refractivity contribution >= 4 is 23.2 Å². The number of rotatable bonds is 4. The Labute approximate surface area is 143 Å². The Kier molecular flexibility index (Phi) is 4.71. The smallest absolute Gasteiger partial charge is 0.271 e. The van der Waals surface area contributed by atoms with Crippen LogP contribution in [0.15, 0.2) is 35.1 Å². The van der Waals surface area contributed by atoms with Crippen LogP contribution in [0.2, 0.25) is 5.02 Å². The van der Waals surface area contributed by atoms with Crippen LogP contribution >= 0.6 is 11.6 Å². The number of hydrogen-bond donors (Lipinski definition) is 2. The summed E-state index contributed by atoms with van der Waals surface area (Å²) in [5.41, 5.74) is 0.754. The quantitative estimate of drug-likeness (QED) is 0.873. The summed E-state index contributed by atoms with van der Waals surface area (Å²) in [5, 5.41) is 9.55. The summed E-state index contributed by atoms with van der Waals surface area (Å²) < 4.78 is 5.38. The van der Waals surface area contributed by atoms with E-state index in [4.69, 9.17) is 16.3 Å². The van der Waals surface area contributed by atoms with Crippen molar-refractivity contribution in [2.24, 2.45) is 0 Å². The summed E-state index contributed by atoms with van der Waals surface area (Å²) in [4.78, 5) is 25.3. The van der Waals surface area contributed by atoms with Gasteiger partial charge in [-0.25, -0.2) is 5.10 Å². The van der Waals surface area contributed by atoms with E-state index in [-0.39, 0.29) is 23.2 Å². The Morgan fingerprint density at radius 2 is 2.25 bits per heavy atom. The maximum absolute atomic E-state index is 12.2. The molecule has 2 aromatic rings. The molecule has 0 aliphatic carbocycles. The van der Waals surface area contributed by atoms with Crippen LogP contribution in [-0.4, -0.2) is 42.3 Å². The van der Waals surface area contributed by atoms with Gasteiger partial charge in [0.15, 0.2) is 0 Å². The molecule has 8 heteroatoms. The van der Waals surface area contributed by atoms with E-state index in [0.29, 0.717) is 11.6 Å². The Balaban J connectivity index is 1.67. The molecule has 1 amide bonds. The number of amides is 1. The Morgan fingerprint density at radius 1 is 1.42 bits per heavy atom. The van der Waals surface area contributed by atoms with Gasteiger partial charge in [0.2, 0.25) is 0 Å². The van der Waals surface area contributed by atoms with E-state index in [2.05, 4.69) is 20.4 Å². The van der Waals surface area contributed by atoms with E-state index in [0.717, 1.165) is 24.4 Å². The molecule has 1 aromatic heterocycles. The molecule has 0 bridgehead atoms. The largest absolute Gasteiger partial charge is 0.495 e. The number of aromatic amines is 1. The molecular formula is C16H17ClN4O3. The number of benzene rings is 1. The molecule has 0 saturated carbocycles. The molecular weight excluding hydrogens is 332 g/mol. The third-order valence-electron chi connectivity index (χ3n) is 3.92. The number of aromatic nitrogens is 2. The first kappa shape index (κ1) is 16.3. The predicted octanol–water partition coefficient (Wildman–Crippen LogP) is 1.44. The highest BCUT2D eigenvalue weighted by Crippen LogP contribution is 2.33. The van der Waals surface area contributed by atoms with Crippen molar-refractivity contribution in [1.82, 2.24) is 15.5 Å². The monoisotopic (exact) mass is 348 g/mol. The number of anilines is 1. The van der Waals surface area contributed by atoms with Crippen LogP contribution in [0.25, 0.3) is 0 Å². The second kappa shape index (κ2) is 6.92. The van der Waals surface area contributed by atoms with Crippen LogP contribution in [-0.2, 0) is 0 Å². The Hall–Kier alpha value is -2.54. The van der Waals surface area contributed by atoms with Gasteiger partial charge in [0.05, 0.1) is 12.8 Å². The van der Waals surface area contributed by atoms with Crippen LogP contribution in [0.5, 0.6) is 5.75 Å². The number of ether oxygens (including phenoxy) is 1. The summed E-state index contributed by atoms with van der Waals surface area (Å²) in [7, 11) is 1.61. The average molecular weight is 349 g/mol. The first-order valence-corrected chi connectivity index (χ1v) is 7.89. The standard InChI is InChI=1S/C16H17ClN4O3/c1-24-14-4-2-10(17)8-13(14)21-7-6-11(9-21)18-16(23)12-3-5-15(22)20-19-12/h2-5,8,11H,6-7,9H2,1H3,(H,18,23)(H,20,22)/t11-/m1/s1. The molecule has 1 fully saturated rings. The van der Waals surface area contributed by atoms with Crippen molar-refractivity contribution < 1.29 is 9.53 Å². The van der Waals surface area contributed by atoms with Gasteiger partial charge in [-0.15, -0.1) is 0 Å².